The van der Waals surface area contributed by atoms with Crippen molar-refractivity contribution in [3.8, 4) is 11.6 Å². The zero-order valence-corrected chi connectivity index (χ0v) is 15.8. The number of guanidine groups is 1. The van der Waals surface area contributed by atoms with Gasteiger partial charge in [-0.15, -0.1) is 0 Å². The van der Waals surface area contributed by atoms with E-state index in [1.54, 1.807) is 14.2 Å². The van der Waals surface area contributed by atoms with E-state index in [4.69, 9.17) is 9.47 Å². The molecule has 0 aliphatic rings. The van der Waals surface area contributed by atoms with Crippen LogP contribution in [0, 0.1) is 0 Å². The van der Waals surface area contributed by atoms with Crippen LogP contribution in [0.15, 0.2) is 47.6 Å². The Morgan fingerprint density at radius 2 is 1.85 bits per heavy atom. The quantitative estimate of drug-likeness (QED) is 0.534. The van der Waals surface area contributed by atoms with Crippen molar-refractivity contribution in [2.75, 3.05) is 27.3 Å². The van der Waals surface area contributed by atoms with E-state index < -0.39 is 0 Å². The molecule has 6 nitrogen and oxygen atoms in total. The molecule has 1 aromatic heterocycles. The second-order valence-electron chi connectivity index (χ2n) is 5.80. The molecule has 26 heavy (non-hydrogen) atoms. The highest BCUT2D eigenvalue weighted by atomic mass is 16.5. The zero-order chi connectivity index (χ0) is 18.6. The van der Waals surface area contributed by atoms with E-state index in [-0.39, 0.29) is 0 Å². The lowest BCUT2D eigenvalue weighted by Gasteiger charge is -2.12. The maximum atomic E-state index is 5.49. The number of hydrogen-bond acceptors (Lipinski definition) is 4. The molecule has 0 aliphatic heterocycles. The number of nitrogens with zero attached hydrogens (tertiary/aromatic N) is 2. The number of nitrogens with one attached hydrogen (secondary N) is 2. The van der Waals surface area contributed by atoms with Crippen molar-refractivity contribution < 1.29 is 9.47 Å². The minimum atomic E-state index is 0.656. The van der Waals surface area contributed by atoms with Gasteiger partial charge >= 0.3 is 0 Å². The van der Waals surface area contributed by atoms with Crippen LogP contribution in [-0.2, 0) is 13.0 Å². The summed E-state index contributed by atoms with van der Waals surface area (Å²) >= 11 is 0. The monoisotopic (exact) mass is 356 g/mol. The lowest BCUT2D eigenvalue weighted by molar-refractivity contribution is 0.305. The van der Waals surface area contributed by atoms with E-state index >= 15 is 0 Å². The predicted molar refractivity (Wildman–Crippen MR) is 105 cm³/mol. The van der Waals surface area contributed by atoms with Gasteiger partial charge in [0.05, 0.1) is 13.7 Å². The van der Waals surface area contributed by atoms with Gasteiger partial charge in [0.25, 0.3) is 0 Å². The van der Waals surface area contributed by atoms with Crippen molar-refractivity contribution >= 4 is 5.96 Å². The van der Waals surface area contributed by atoms with Crippen molar-refractivity contribution in [1.29, 1.82) is 0 Å². The fraction of sp³-hybridized carbons (Fsp3) is 0.400. The molecule has 2 aromatic rings. The van der Waals surface area contributed by atoms with E-state index in [1.165, 1.54) is 5.56 Å². The molecule has 0 unspecified atom stereocenters. The Bertz CT molecular complexity index is 669. The normalized spacial score (nSPS) is 11.1. The van der Waals surface area contributed by atoms with Crippen molar-refractivity contribution in [2.45, 2.75) is 26.3 Å². The molecule has 0 spiro atoms. The molecule has 2 rings (SSSR count). The molecular weight excluding hydrogens is 328 g/mol. The van der Waals surface area contributed by atoms with Gasteiger partial charge in [-0.1, -0.05) is 25.1 Å². The minimum Gasteiger partial charge on any atom is -0.497 e. The van der Waals surface area contributed by atoms with Crippen LogP contribution in [0.25, 0.3) is 0 Å². The van der Waals surface area contributed by atoms with Gasteiger partial charge in [0.1, 0.15) is 5.75 Å². The van der Waals surface area contributed by atoms with Crippen molar-refractivity contribution in [3.05, 3.63) is 53.7 Å². The molecule has 0 bridgehead atoms. The van der Waals surface area contributed by atoms with Crippen molar-refractivity contribution in [3.63, 3.8) is 0 Å². The molecule has 140 valence electrons. The minimum absolute atomic E-state index is 0.656. The predicted octanol–water partition coefficient (Wildman–Crippen LogP) is 2.79. The average molecular weight is 356 g/mol. The smallest absolute Gasteiger partial charge is 0.213 e. The average Bonchev–Trinajstić information content (AvgIpc) is 2.70. The first-order chi connectivity index (χ1) is 12.7. The molecule has 0 saturated carbocycles. The summed E-state index contributed by atoms with van der Waals surface area (Å²) in [4.78, 5) is 8.55. The van der Waals surface area contributed by atoms with Gasteiger partial charge in [-0.05, 0) is 36.1 Å². The molecule has 0 radical (unpaired) electrons. The third-order valence-corrected chi connectivity index (χ3v) is 3.80. The topological polar surface area (TPSA) is 67.8 Å². The maximum absolute atomic E-state index is 5.49. The Labute approximate surface area is 155 Å². The molecule has 0 amide bonds. The van der Waals surface area contributed by atoms with Crippen molar-refractivity contribution in [1.82, 2.24) is 15.6 Å². The first-order valence-corrected chi connectivity index (χ1v) is 8.90. The molecule has 2 N–H and O–H groups in total. The van der Waals surface area contributed by atoms with Crippen LogP contribution in [0.1, 0.15) is 24.5 Å². The van der Waals surface area contributed by atoms with Gasteiger partial charge in [-0.3, -0.25) is 4.99 Å². The summed E-state index contributed by atoms with van der Waals surface area (Å²) in [6.45, 7) is 4.22. The number of hydrogen-bond donors (Lipinski definition) is 2. The molecule has 1 heterocycles. The van der Waals surface area contributed by atoms with Gasteiger partial charge in [0, 0.05) is 32.4 Å². The highest BCUT2D eigenvalue weighted by Crippen LogP contribution is 2.11. The second-order valence-corrected chi connectivity index (χ2v) is 5.80. The van der Waals surface area contributed by atoms with Gasteiger partial charge in [-0.25, -0.2) is 4.98 Å². The fourth-order valence-electron chi connectivity index (χ4n) is 2.33. The molecule has 0 fully saturated rings. The number of ether oxygens (including phenoxy) is 2. The summed E-state index contributed by atoms with van der Waals surface area (Å²) in [7, 11) is 3.44. The number of benzene rings is 1. The standard InChI is InChI=1S/C20H28N4O2/c1-4-13-26-19-10-7-17(14-23-19)15-24-20(21-2)22-12-11-16-5-8-18(25-3)9-6-16/h5-10,14H,4,11-13,15H2,1-3H3,(H2,21,22,24). The number of aromatic nitrogens is 1. The van der Waals surface area contributed by atoms with Gasteiger partial charge < -0.3 is 20.1 Å². The number of aliphatic imine (C=N–C) groups is 1. The summed E-state index contributed by atoms with van der Waals surface area (Å²) in [5.41, 5.74) is 2.33. The lowest BCUT2D eigenvalue weighted by atomic mass is 10.1. The molecule has 1 aromatic carbocycles. The zero-order valence-electron chi connectivity index (χ0n) is 15.8. The maximum Gasteiger partial charge on any atom is 0.213 e. The Balaban J connectivity index is 1.73. The third kappa shape index (κ3) is 6.63. The Morgan fingerprint density at radius 1 is 1.08 bits per heavy atom. The van der Waals surface area contributed by atoms with Crippen LogP contribution >= 0.6 is 0 Å². The summed E-state index contributed by atoms with van der Waals surface area (Å²) < 4.78 is 10.7. The van der Waals surface area contributed by atoms with Gasteiger partial charge in [0.2, 0.25) is 5.88 Å². The van der Waals surface area contributed by atoms with Crippen LogP contribution in [0.5, 0.6) is 11.6 Å². The molecule has 6 heteroatoms. The van der Waals surface area contributed by atoms with Crippen LogP contribution in [0.2, 0.25) is 0 Å². The van der Waals surface area contributed by atoms with Gasteiger partial charge in [-0.2, -0.15) is 0 Å². The Hall–Kier alpha value is -2.76. The molecule has 0 atom stereocenters. The summed E-state index contributed by atoms with van der Waals surface area (Å²) in [6.07, 6.45) is 3.71. The van der Waals surface area contributed by atoms with Crippen molar-refractivity contribution in [2.24, 2.45) is 4.99 Å². The largest absolute Gasteiger partial charge is 0.497 e. The van der Waals surface area contributed by atoms with E-state index in [1.807, 2.05) is 30.5 Å². The molecule has 0 saturated heterocycles. The van der Waals surface area contributed by atoms with E-state index in [9.17, 15) is 0 Å². The first-order valence-electron chi connectivity index (χ1n) is 8.90. The van der Waals surface area contributed by atoms with Crippen LogP contribution in [0.3, 0.4) is 0 Å². The summed E-state index contributed by atoms with van der Waals surface area (Å²) in [5.74, 6) is 2.31. The highest BCUT2D eigenvalue weighted by molar-refractivity contribution is 5.79. The highest BCUT2D eigenvalue weighted by Gasteiger charge is 2.01. The Morgan fingerprint density at radius 3 is 2.46 bits per heavy atom. The summed E-state index contributed by atoms with van der Waals surface area (Å²) in [6, 6.07) is 12.0. The van der Waals surface area contributed by atoms with E-state index in [0.29, 0.717) is 19.0 Å². The summed E-state index contributed by atoms with van der Waals surface area (Å²) in [5, 5.41) is 6.61. The van der Waals surface area contributed by atoms with E-state index in [2.05, 4.69) is 39.7 Å². The van der Waals surface area contributed by atoms with Crippen LogP contribution in [0.4, 0.5) is 0 Å². The van der Waals surface area contributed by atoms with Crippen LogP contribution in [-0.4, -0.2) is 38.3 Å². The first kappa shape index (κ1) is 19.6. The molecular formula is C20H28N4O2. The number of rotatable bonds is 9. The van der Waals surface area contributed by atoms with E-state index in [0.717, 1.165) is 36.7 Å². The Kier molecular flexibility index (Phi) is 8.26. The third-order valence-electron chi connectivity index (χ3n) is 3.80. The SMILES string of the molecule is CCCOc1ccc(CNC(=NC)NCCc2ccc(OC)cc2)cn1. The number of pyridine rings is 1. The fourth-order valence-corrected chi connectivity index (χ4v) is 2.33. The van der Waals surface area contributed by atoms with Gasteiger partial charge in [0.15, 0.2) is 5.96 Å². The lowest BCUT2D eigenvalue weighted by Crippen LogP contribution is -2.37. The second kappa shape index (κ2) is 11.0. The number of methoxy groups -OCH3 is 1. The van der Waals surface area contributed by atoms with Crippen LogP contribution < -0.4 is 20.1 Å². The molecule has 0 aliphatic carbocycles.